The lowest BCUT2D eigenvalue weighted by Gasteiger charge is -2.23. The smallest absolute Gasteiger partial charge is 0.223 e. The summed E-state index contributed by atoms with van der Waals surface area (Å²) < 4.78 is 2.17. The number of nitrogens with two attached hydrogens (primary N) is 1. The van der Waals surface area contributed by atoms with Crippen LogP contribution < -0.4 is 11.1 Å². The first-order chi connectivity index (χ1) is 9.15. The molecule has 0 unspecified atom stereocenters. The molecule has 3 N–H and O–H groups in total. The Morgan fingerprint density at radius 3 is 2.89 bits per heavy atom. The summed E-state index contributed by atoms with van der Waals surface area (Å²) in [4.78, 5) is 8.38. The van der Waals surface area contributed by atoms with Crippen LogP contribution in [0.5, 0.6) is 0 Å². The zero-order valence-electron chi connectivity index (χ0n) is 11.0. The summed E-state index contributed by atoms with van der Waals surface area (Å²) in [6, 6.07) is 0. The molecule has 102 valence electrons. The number of nitrogen functional groups attached to an aromatic ring is 1. The Labute approximate surface area is 117 Å². The van der Waals surface area contributed by atoms with Crippen LogP contribution >= 0.6 is 11.6 Å². The minimum absolute atomic E-state index is 0.238. The zero-order valence-corrected chi connectivity index (χ0v) is 11.7. The number of halogens is 1. The van der Waals surface area contributed by atoms with Gasteiger partial charge in [-0.2, -0.15) is 4.98 Å². The highest BCUT2D eigenvalue weighted by atomic mass is 35.5. The van der Waals surface area contributed by atoms with Gasteiger partial charge in [0.05, 0.1) is 5.39 Å². The summed E-state index contributed by atoms with van der Waals surface area (Å²) >= 11 is 6.17. The molecule has 0 amide bonds. The lowest BCUT2D eigenvalue weighted by molar-refractivity contribution is 0.336. The van der Waals surface area contributed by atoms with Crippen molar-refractivity contribution in [1.29, 1.82) is 0 Å². The van der Waals surface area contributed by atoms with Gasteiger partial charge in [0.25, 0.3) is 0 Å². The topological polar surface area (TPSA) is 68.8 Å². The first kappa shape index (κ1) is 12.7. The molecule has 6 heteroatoms. The number of rotatable bonds is 2. The molecule has 1 saturated heterocycles. The van der Waals surface area contributed by atoms with Gasteiger partial charge in [-0.25, -0.2) is 4.98 Å². The zero-order chi connectivity index (χ0) is 13.4. The van der Waals surface area contributed by atoms with Crippen molar-refractivity contribution in [2.45, 2.75) is 26.3 Å². The van der Waals surface area contributed by atoms with Crippen molar-refractivity contribution in [3.63, 3.8) is 0 Å². The number of piperidine rings is 1. The van der Waals surface area contributed by atoms with Crippen molar-refractivity contribution in [1.82, 2.24) is 19.9 Å². The predicted octanol–water partition coefficient (Wildman–Crippen LogP) is 1.97. The molecule has 2 aromatic rings. The molecule has 1 fully saturated rings. The summed E-state index contributed by atoms with van der Waals surface area (Å²) in [5, 5.41) is 4.75. The van der Waals surface area contributed by atoms with Gasteiger partial charge in [0.15, 0.2) is 0 Å². The van der Waals surface area contributed by atoms with Crippen LogP contribution in [0.15, 0.2) is 6.20 Å². The summed E-state index contributed by atoms with van der Waals surface area (Å²) in [6.07, 6.45) is 4.51. The van der Waals surface area contributed by atoms with E-state index in [4.69, 9.17) is 17.3 Å². The average molecular weight is 280 g/mol. The Morgan fingerprint density at radius 1 is 1.42 bits per heavy atom. The van der Waals surface area contributed by atoms with Gasteiger partial charge in [-0.3, -0.25) is 0 Å². The second-order valence-corrected chi connectivity index (χ2v) is 5.59. The quantitative estimate of drug-likeness (QED) is 0.825. The summed E-state index contributed by atoms with van der Waals surface area (Å²) in [5.74, 6) is 0.924. The average Bonchev–Trinajstić information content (AvgIpc) is 2.67. The molecule has 0 aromatic carbocycles. The van der Waals surface area contributed by atoms with E-state index in [0.29, 0.717) is 11.1 Å². The number of nitrogens with one attached hydrogen (secondary N) is 1. The van der Waals surface area contributed by atoms with Crippen molar-refractivity contribution in [2.75, 3.05) is 18.8 Å². The third kappa shape index (κ3) is 2.40. The van der Waals surface area contributed by atoms with Crippen LogP contribution in [-0.2, 0) is 6.54 Å². The van der Waals surface area contributed by atoms with Gasteiger partial charge in [-0.05, 0) is 44.3 Å². The van der Waals surface area contributed by atoms with E-state index in [1.165, 1.54) is 12.8 Å². The highest BCUT2D eigenvalue weighted by Crippen LogP contribution is 2.27. The van der Waals surface area contributed by atoms with Crippen molar-refractivity contribution >= 4 is 28.6 Å². The molecular formula is C13H18ClN5. The monoisotopic (exact) mass is 279 g/mol. The molecule has 1 aliphatic rings. The van der Waals surface area contributed by atoms with E-state index in [1.54, 1.807) is 0 Å². The molecule has 0 saturated carbocycles. The van der Waals surface area contributed by atoms with E-state index >= 15 is 0 Å². The van der Waals surface area contributed by atoms with Crippen LogP contribution in [-0.4, -0.2) is 27.6 Å². The highest BCUT2D eigenvalue weighted by Gasteiger charge is 2.17. The van der Waals surface area contributed by atoms with Crippen LogP contribution in [0, 0.1) is 12.8 Å². The summed E-state index contributed by atoms with van der Waals surface area (Å²) in [6.45, 7) is 5.20. The molecule has 5 nitrogen and oxygen atoms in total. The molecule has 3 heterocycles. The van der Waals surface area contributed by atoms with Gasteiger partial charge in [0, 0.05) is 12.7 Å². The highest BCUT2D eigenvalue weighted by molar-refractivity contribution is 6.34. The molecule has 0 bridgehead atoms. The largest absolute Gasteiger partial charge is 0.368 e. The molecular weight excluding hydrogens is 262 g/mol. The molecule has 0 aliphatic carbocycles. The summed E-state index contributed by atoms with van der Waals surface area (Å²) in [7, 11) is 0. The van der Waals surface area contributed by atoms with E-state index in [0.717, 1.165) is 36.2 Å². The van der Waals surface area contributed by atoms with E-state index in [9.17, 15) is 0 Å². The van der Waals surface area contributed by atoms with Gasteiger partial charge < -0.3 is 15.6 Å². The van der Waals surface area contributed by atoms with Crippen molar-refractivity contribution in [2.24, 2.45) is 5.92 Å². The molecule has 1 aliphatic heterocycles. The Bertz CT molecular complexity index is 601. The van der Waals surface area contributed by atoms with Gasteiger partial charge in [0.1, 0.15) is 10.8 Å². The van der Waals surface area contributed by atoms with Gasteiger partial charge in [0.2, 0.25) is 5.95 Å². The number of hydrogen-bond acceptors (Lipinski definition) is 4. The maximum Gasteiger partial charge on any atom is 0.223 e. The number of nitrogens with zero attached hydrogens (tertiary/aromatic N) is 3. The lowest BCUT2D eigenvalue weighted by atomic mass is 9.98. The second kappa shape index (κ2) is 4.98. The van der Waals surface area contributed by atoms with Crippen LogP contribution in [0.1, 0.15) is 18.4 Å². The fourth-order valence-electron chi connectivity index (χ4n) is 2.83. The SMILES string of the molecule is Cc1cn(CC2CCNCC2)c2nc(N)nc(Cl)c12. The molecule has 3 rings (SSSR count). The third-order valence-corrected chi connectivity index (χ3v) is 4.07. The van der Waals surface area contributed by atoms with E-state index in [2.05, 4.69) is 26.0 Å². The maximum absolute atomic E-state index is 6.17. The molecule has 0 radical (unpaired) electrons. The number of hydrogen-bond donors (Lipinski definition) is 2. The van der Waals surface area contributed by atoms with Crippen LogP contribution in [0.3, 0.4) is 0 Å². The summed E-state index contributed by atoms with van der Waals surface area (Å²) in [5.41, 5.74) is 7.67. The number of aryl methyl sites for hydroxylation is 1. The third-order valence-electron chi connectivity index (χ3n) is 3.79. The standard InChI is InChI=1S/C13H18ClN5/c1-8-6-19(7-9-2-4-16-5-3-9)12-10(8)11(14)17-13(15)18-12/h6,9,16H,2-5,7H2,1H3,(H2,15,17,18). The van der Waals surface area contributed by atoms with Crippen molar-refractivity contribution in [3.05, 3.63) is 16.9 Å². The Morgan fingerprint density at radius 2 is 2.16 bits per heavy atom. The Kier molecular flexibility index (Phi) is 3.33. The maximum atomic E-state index is 6.17. The minimum atomic E-state index is 0.238. The number of fused-ring (bicyclic) bond motifs is 1. The first-order valence-electron chi connectivity index (χ1n) is 6.64. The van der Waals surface area contributed by atoms with E-state index in [-0.39, 0.29) is 5.95 Å². The van der Waals surface area contributed by atoms with Gasteiger partial charge in [-0.1, -0.05) is 11.6 Å². The van der Waals surface area contributed by atoms with Crippen LogP contribution in [0.2, 0.25) is 5.15 Å². The van der Waals surface area contributed by atoms with Crippen molar-refractivity contribution < 1.29 is 0 Å². The normalized spacial score (nSPS) is 17.2. The number of anilines is 1. The predicted molar refractivity (Wildman–Crippen MR) is 77.3 cm³/mol. The van der Waals surface area contributed by atoms with E-state index < -0.39 is 0 Å². The second-order valence-electron chi connectivity index (χ2n) is 5.23. The molecule has 19 heavy (non-hydrogen) atoms. The molecule has 2 aromatic heterocycles. The first-order valence-corrected chi connectivity index (χ1v) is 7.02. The molecule has 0 atom stereocenters. The van der Waals surface area contributed by atoms with E-state index in [1.807, 2.05) is 6.92 Å². The lowest BCUT2D eigenvalue weighted by Crippen LogP contribution is -2.29. The van der Waals surface area contributed by atoms with Crippen molar-refractivity contribution in [3.8, 4) is 0 Å². The fraction of sp³-hybridized carbons (Fsp3) is 0.538. The van der Waals surface area contributed by atoms with Gasteiger partial charge >= 0.3 is 0 Å². The Hall–Kier alpha value is -1.33. The fourth-order valence-corrected chi connectivity index (χ4v) is 3.15. The Balaban J connectivity index is 1.99. The van der Waals surface area contributed by atoms with Gasteiger partial charge in [-0.15, -0.1) is 0 Å². The molecule has 0 spiro atoms. The minimum Gasteiger partial charge on any atom is -0.368 e. The van der Waals surface area contributed by atoms with Crippen LogP contribution in [0.4, 0.5) is 5.95 Å². The van der Waals surface area contributed by atoms with Crippen LogP contribution in [0.25, 0.3) is 11.0 Å². The number of aromatic nitrogens is 3.